The van der Waals surface area contributed by atoms with Crippen molar-refractivity contribution >= 4 is 0 Å². The highest BCUT2D eigenvalue weighted by molar-refractivity contribution is 5.25. The fourth-order valence-electron chi connectivity index (χ4n) is 1.87. The molecular formula is C14H15N3O. The number of hydrogen-bond acceptors (Lipinski definition) is 4. The fraction of sp³-hybridized carbons (Fsp3) is 0.286. The van der Waals surface area contributed by atoms with E-state index in [-0.39, 0.29) is 0 Å². The van der Waals surface area contributed by atoms with Gasteiger partial charge >= 0.3 is 0 Å². The number of pyridine rings is 1. The number of nitrogens with zero attached hydrogens (tertiary/aromatic N) is 3. The molecule has 0 bridgehead atoms. The molecule has 0 fully saturated rings. The van der Waals surface area contributed by atoms with E-state index in [4.69, 9.17) is 9.68 Å². The quantitative estimate of drug-likeness (QED) is 0.825. The third-order valence-electron chi connectivity index (χ3n) is 2.80. The van der Waals surface area contributed by atoms with Crippen LogP contribution in [0.5, 0.6) is 0 Å². The van der Waals surface area contributed by atoms with Crippen molar-refractivity contribution < 1.29 is 4.42 Å². The van der Waals surface area contributed by atoms with Crippen LogP contribution < -0.4 is 0 Å². The second-order valence-electron chi connectivity index (χ2n) is 4.34. The third kappa shape index (κ3) is 2.96. The van der Waals surface area contributed by atoms with E-state index in [1.165, 1.54) is 5.56 Å². The van der Waals surface area contributed by atoms with Crippen LogP contribution in [0.15, 0.2) is 35.1 Å². The first-order chi connectivity index (χ1) is 8.69. The summed E-state index contributed by atoms with van der Waals surface area (Å²) in [6.07, 6.45) is 3.38. The van der Waals surface area contributed by atoms with Gasteiger partial charge in [0.1, 0.15) is 17.5 Å². The summed E-state index contributed by atoms with van der Waals surface area (Å²) in [4.78, 5) is 6.14. The lowest BCUT2D eigenvalue weighted by atomic mass is 10.2. The van der Waals surface area contributed by atoms with E-state index in [2.05, 4.69) is 16.0 Å². The Kier molecular flexibility index (Phi) is 3.75. The minimum Gasteiger partial charge on any atom is -0.469 e. The highest BCUT2D eigenvalue weighted by Gasteiger charge is 2.06. The summed E-state index contributed by atoms with van der Waals surface area (Å²) >= 11 is 0. The lowest BCUT2D eigenvalue weighted by Gasteiger charge is -2.16. The zero-order valence-corrected chi connectivity index (χ0v) is 10.6. The average Bonchev–Trinajstić information content (AvgIpc) is 2.75. The molecule has 0 spiro atoms. The Morgan fingerprint density at radius 3 is 2.89 bits per heavy atom. The number of hydrogen-bond donors (Lipinski definition) is 0. The van der Waals surface area contributed by atoms with Gasteiger partial charge in [0.15, 0.2) is 0 Å². The highest BCUT2D eigenvalue weighted by Crippen LogP contribution is 2.13. The van der Waals surface area contributed by atoms with Gasteiger partial charge in [-0.25, -0.2) is 4.98 Å². The topological polar surface area (TPSA) is 53.1 Å². The van der Waals surface area contributed by atoms with E-state index in [9.17, 15) is 0 Å². The van der Waals surface area contributed by atoms with Gasteiger partial charge in [0.25, 0.3) is 0 Å². The van der Waals surface area contributed by atoms with E-state index in [0.717, 1.165) is 24.4 Å². The molecule has 2 aromatic rings. The molecular weight excluding hydrogens is 226 g/mol. The second kappa shape index (κ2) is 5.48. The molecule has 0 saturated carbocycles. The van der Waals surface area contributed by atoms with Crippen molar-refractivity contribution in [3.8, 4) is 6.07 Å². The van der Waals surface area contributed by atoms with Gasteiger partial charge in [0.2, 0.25) is 0 Å². The molecule has 2 aromatic heterocycles. The Bertz CT molecular complexity index is 568. The molecule has 0 aliphatic rings. The molecule has 4 heteroatoms. The Morgan fingerprint density at radius 1 is 1.39 bits per heavy atom. The van der Waals surface area contributed by atoms with E-state index in [1.54, 1.807) is 12.5 Å². The first-order valence-electron chi connectivity index (χ1n) is 5.75. The minimum absolute atomic E-state index is 0.459. The van der Waals surface area contributed by atoms with Crippen molar-refractivity contribution in [3.05, 3.63) is 53.2 Å². The zero-order valence-electron chi connectivity index (χ0n) is 10.6. The van der Waals surface area contributed by atoms with E-state index in [0.29, 0.717) is 5.69 Å². The fourth-order valence-corrected chi connectivity index (χ4v) is 1.87. The second-order valence-corrected chi connectivity index (χ2v) is 4.34. The van der Waals surface area contributed by atoms with Crippen LogP contribution in [0, 0.1) is 18.3 Å². The van der Waals surface area contributed by atoms with Crippen molar-refractivity contribution in [2.75, 3.05) is 7.05 Å². The Hall–Kier alpha value is -2.12. The van der Waals surface area contributed by atoms with E-state index in [1.807, 2.05) is 32.2 Å². The Balaban J connectivity index is 2.01. The molecule has 0 unspecified atom stereocenters. The molecule has 0 radical (unpaired) electrons. The maximum absolute atomic E-state index is 8.80. The summed E-state index contributed by atoms with van der Waals surface area (Å²) in [5.74, 6) is 0.953. The lowest BCUT2D eigenvalue weighted by molar-refractivity contribution is 0.316. The Morgan fingerprint density at radius 2 is 2.22 bits per heavy atom. The minimum atomic E-state index is 0.459. The van der Waals surface area contributed by atoms with Crippen molar-refractivity contribution in [3.63, 3.8) is 0 Å². The Labute approximate surface area is 106 Å². The maximum Gasteiger partial charge on any atom is 0.140 e. The molecule has 0 aliphatic heterocycles. The van der Waals surface area contributed by atoms with Crippen LogP contribution in [0.3, 0.4) is 0 Å². The van der Waals surface area contributed by atoms with Gasteiger partial charge in [-0.05, 0) is 37.7 Å². The summed E-state index contributed by atoms with van der Waals surface area (Å²) in [5.41, 5.74) is 2.73. The van der Waals surface area contributed by atoms with Crippen molar-refractivity contribution in [1.82, 2.24) is 9.88 Å². The van der Waals surface area contributed by atoms with Crippen LogP contribution in [0.25, 0.3) is 0 Å². The average molecular weight is 241 g/mol. The third-order valence-corrected chi connectivity index (χ3v) is 2.80. The van der Waals surface area contributed by atoms with Gasteiger partial charge in [-0.2, -0.15) is 5.26 Å². The molecule has 0 amide bonds. The SMILES string of the molecule is Cc1occc1CN(C)Cc1ccnc(C#N)c1. The predicted octanol–water partition coefficient (Wildman–Crippen LogP) is 2.49. The number of nitriles is 1. The normalized spacial score (nSPS) is 10.6. The van der Waals surface area contributed by atoms with Gasteiger partial charge in [0.05, 0.1) is 6.26 Å². The van der Waals surface area contributed by atoms with Crippen molar-refractivity contribution in [2.45, 2.75) is 20.0 Å². The highest BCUT2D eigenvalue weighted by atomic mass is 16.3. The van der Waals surface area contributed by atoms with Crippen LogP contribution in [0.2, 0.25) is 0 Å². The van der Waals surface area contributed by atoms with Gasteiger partial charge < -0.3 is 4.42 Å². The van der Waals surface area contributed by atoms with E-state index < -0.39 is 0 Å². The van der Waals surface area contributed by atoms with Gasteiger partial charge in [-0.1, -0.05) is 0 Å². The van der Waals surface area contributed by atoms with Gasteiger partial charge in [-0.15, -0.1) is 0 Å². The predicted molar refractivity (Wildman–Crippen MR) is 67.6 cm³/mol. The zero-order chi connectivity index (χ0) is 13.0. The molecule has 18 heavy (non-hydrogen) atoms. The molecule has 2 rings (SSSR count). The molecule has 0 aromatic carbocycles. The summed E-state index contributed by atoms with van der Waals surface area (Å²) in [5, 5.41) is 8.80. The lowest BCUT2D eigenvalue weighted by Crippen LogP contribution is -2.17. The molecule has 0 aliphatic carbocycles. The molecule has 4 nitrogen and oxygen atoms in total. The maximum atomic E-state index is 8.80. The van der Waals surface area contributed by atoms with Crippen LogP contribution >= 0.6 is 0 Å². The van der Waals surface area contributed by atoms with Gasteiger partial charge in [-0.3, -0.25) is 4.90 Å². The van der Waals surface area contributed by atoms with Crippen molar-refractivity contribution in [2.24, 2.45) is 0 Å². The van der Waals surface area contributed by atoms with Crippen LogP contribution in [0.4, 0.5) is 0 Å². The summed E-state index contributed by atoms with van der Waals surface area (Å²) < 4.78 is 5.27. The molecule has 92 valence electrons. The first kappa shape index (κ1) is 12.3. The smallest absolute Gasteiger partial charge is 0.140 e. The summed E-state index contributed by atoms with van der Waals surface area (Å²) in [7, 11) is 2.04. The standard InChI is InChI=1S/C14H15N3O/c1-11-13(4-6-18-11)10-17(2)9-12-3-5-16-14(7-12)8-15/h3-7H,9-10H2,1-2H3. The molecule has 0 N–H and O–H groups in total. The largest absolute Gasteiger partial charge is 0.469 e. The summed E-state index contributed by atoms with van der Waals surface area (Å²) in [6, 6.07) is 7.78. The van der Waals surface area contributed by atoms with Crippen LogP contribution in [-0.4, -0.2) is 16.9 Å². The van der Waals surface area contributed by atoms with Crippen LogP contribution in [0.1, 0.15) is 22.6 Å². The number of furan rings is 1. The number of aromatic nitrogens is 1. The number of rotatable bonds is 4. The first-order valence-corrected chi connectivity index (χ1v) is 5.75. The molecule has 0 saturated heterocycles. The summed E-state index contributed by atoms with van der Waals surface area (Å²) in [6.45, 7) is 3.57. The van der Waals surface area contributed by atoms with Crippen LogP contribution in [-0.2, 0) is 13.1 Å². The van der Waals surface area contributed by atoms with Crippen molar-refractivity contribution in [1.29, 1.82) is 5.26 Å². The molecule has 2 heterocycles. The van der Waals surface area contributed by atoms with E-state index >= 15 is 0 Å². The van der Waals surface area contributed by atoms with Gasteiger partial charge in [0, 0.05) is 24.8 Å². The monoisotopic (exact) mass is 241 g/mol. The molecule has 0 atom stereocenters. The number of aryl methyl sites for hydroxylation is 1.